The summed E-state index contributed by atoms with van der Waals surface area (Å²) in [6, 6.07) is 12.4. The number of rotatable bonds is 4. The Morgan fingerprint density at radius 3 is 2.43 bits per heavy atom. The van der Waals surface area contributed by atoms with Gasteiger partial charge in [0.15, 0.2) is 0 Å². The molecule has 4 rings (SSSR count). The molecular formula is C23H28N2O4S. The maximum Gasteiger partial charge on any atom is 0.262 e. The third kappa shape index (κ3) is 3.72. The highest BCUT2D eigenvalue weighted by Gasteiger charge is 2.34. The van der Waals surface area contributed by atoms with Crippen LogP contribution in [0.3, 0.4) is 0 Å². The molecule has 0 unspecified atom stereocenters. The number of hydrogen-bond donors (Lipinski definition) is 0. The van der Waals surface area contributed by atoms with Crippen LogP contribution in [0.4, 0.5) is 5.69 Å². The Kier molecular flexibility index (Phi) is 5.84. The van der Waals surface area contributed by atoms with Crippen LogP contribution in [0.2, 0.25) is 0 Å². The number of carbonyl (C=O) groups excluding carboxylic acids is 1. The summed E-state index contributed by atoms with van der Waals surface area (Å²) in [5, 5.41) is 0. The van der Waals surface area contributed by atoms with E-state index in [9.17, 15) is 13.2 Å². The zero-order chi connectivity index (χ0) is 21.3. The zero-order valence-electron chi connectivity index (χ0n) is 17.5. The molecule has 0 N–H and O–H groups in total. The van der Waals surface area contributed by atoms with E-state index in [1.165, 1.54) is 19.2 Å². The van der Waals surface area contributed by atoms with Crippen molar-refractivity contribution in [3.63, 3.8) is 0 Å². The SMILES string of the molecule is COc1ccc(S(=O)(=O)N2CCCCCC2)cc1C(=O)N1c2ccccc2C[C@H]1C. The van der Waals surface area contributed by atoms with Crippen molar-refractivity contribution in [2.45, 2.75) is 50.0 Å². The first-order valence-electron chi connectivity index (χ1n) is 10.5. The van der Waals surface area contributed by atoms with Crippen LogP contribution in [0, 0.1) is 0 Å². The Morgan fingerprint density at radius 2 is 1.73 bits per heavy atom. The topological polar surface area (TPSA) is 66.9 Å². The van der Waals surface area contributed by atoms with E-state index in [2.05, 4.69) is 0 Å². The first-order valence-corrected chi connectivity index (χ1v) is 12.0. The molecule has 0 radical (unpaired) electrons. The van der Waals surface area contributed by atoms with Gasteiger partial charge in [0.1, 0.15) is 5.75 Å². The van der Waals surface area contributed by atoms with Gasteiger partial charge in [0, 0.05) is 24.8 Å². The average molecular weight is 429 g/mol. The second-order valence-corrected chi connectivity index (χ2v) is 9.98. The number of hydrogen-bond acceptors (Lipinski definition) is 4. The molecule has 6 nitrogen and oxygen atoms in total. The highest BCUT2D eigenvalue weighted by Crippen LogP contribution is 2.35. The molecule has 2 aromatic carbocycles. The Bertz CT molecular complexity index is 1040. The van der Waals surface area contributed by atoms with E-state index in [1.807, 2.05) is 31.2 Å². The van der Waals surface area contributed by atoms with Crippen molar-refractivity contribution in [1.29, 1.82) is 0 Å². The Labute approximate surface area is 178 Å². The summed E-state index contributed by atoms with van der Waals surface area (Å²) in [5.74, 6) is 0.142. The van der Waals surface area contributed by atoms with E-state index in [-0.39, 0.29) is 22.4 Å². The number of sulfonamides is 1. The van der Waals surface area contributed by atoms with Gasteiger partial charge in [0.05, 0.1) is 17.6 Å². The molecule has 2 aromatic rings. The molecule has 1 fully saturated rings. The summed E-state index contributed by atoms with van der Waals surface area (Å²) in [7, 11) is -2.16. The van der Waals surface area contributed by atoms with Crippen LogP contribution in [-0.2, 0) is 16.4 Å². The summed E-state index contributed by atoms with van der Waals surface area (Å²) >= 11 is 0. The molecule has 2 aliphatic rings. The molecule has 1 atom stereocenters. The average Bonchev–Trinajstić information content (AvgIpc) is 2.91. The van der Waals surface area contributed by atoms with Crippen molar-refractivity contribution in [2.24, 2.45) is 0 Å². The molecule has 0 aliphatic carbocycles. The number of ether oxygens (including phenoxy) is 1. The van der Waals surface area contributed by atoms with Gasteiger partial charge in [0.25, 0.3) is 5.91 Å². The Hall–Kier alpha value is -2.38. The fourth-order valence-electron chi connectivity index (χ4n) is 4.45. The maximum absolute atomic E-state index is 13.5. The van der Waals surface area contributed by atoms with E-state index in [1.54, 1.807) is 15.3 Å². The van der Waals surface area contributed by atoms with Gasteiger partial charge in [-0.05, 0) is 56.0 Å². The maximum atomic E-state index is 13.5. The molecular weight excluding hydrogens is 400 g/mol. The van der Waals surface area contributed by atoms with E-state index in [0.717, 1.165) is 43.4 Å². The highest BCUT2D eigenvalue weighted by atomic mass is 32.2. The summed E-state index contributed by atoms with van der Waals surface area (Å²) in [4.78, 5) is 15.4. The van der Waals surface area contributed by atoms with Crippen LogP contribution in [0.15, 0.2) is 47.4 Å². The van der Waals surface area contributed by atoms with Crippen molar-refractivity contribution in [1.82, 2.24) is 4.31 Å². The van der Waals surface area contributed by atoms with Gasteiger partial charge in [-0.25, -0.2) is 8.42 Å². The van der Waals surface area contributed by atoms with Crippen molar-refractivity contribution < 1.29 is 17.9 Å². The number of nitrogens with zero attached hydrogens (tertiary/aromatic N) is 2. The van der Waals surface area contributed by atoms with Crippen LogP contribution in [0.25, 0.3) is 0 Å². The molecule has 0 saturated carbocycles. The minimum atomic E-state index is -3.66. The minimum Gasteiger partial charge on any atom is -0.496 e. The molecule has 1 saturated heterocycles. The lowest BCUT2D eigenvalue weighted by Crippen LogP contribution is -2.36. The summed E-state index contributed by atoms with van der Waals surface area (Å²) in [5.41, 5.74) is 2.26. The predicted octanol–water partition coefficient (Wildman–Crippen LogP) is 3.85. The first kappa shape index (κ1) is 20.9. The fourth-order valence-corrected chi connectivity index (χ4v) is 5.99. The highest BCUT2D eigenvalue weighted by molar-refractivity contribution is 7.89. The van der Waals surface area contributed by atoms with E-state index in [4.69, 9.17) is 4.74 Å². The molecule has 7 heteroatoms. The Morgan fingerprint density at radius 1 is 1.03 bits per heavy atom. The van der Waals surface area contributed by atoms with Crippen molar-refractivity contribution in [3.8, 4) is 5.75 Å². The monoisotopic (exact) mass is 428 g/mol. The molecule has 2 aliphatic heterocycles. The second-order valence-electron chi connectivity index (χ2n) is 8.04. The van der Waals surface area contributed by atoms with Crippen LogP contribution < -0.4 is 9.64 Å². The number of amides is 1. The van der Waals surface area contributed by atoms with Crippen LogP contribution >= 0.6 is 0 Å². The molecule has 0 aromatic heterocycles. The smallest absolute Gasteiger partial charge is 0.262 e. The van der Waals surface area contributed by atoms with Gasteiger partial charge in [-0.3, -0.25) is 4.79 Å². The van der Waals surface area contributed by atoms with Crippen LogP contribution in [0.1, 0.15) is 48.5 Å². The lowest BCUT2D eigenvalue weighted by molar-refractivity contribution is 0.0978. The van der Waals surface area contributed by atoms with E-state index >= 15 is 0 Å². The van der Waals surface area contributed by atoms with Gasteiger partial charge in [-0.15, -0.1) is 0 Å². The number of benzene rings is 2. The first-order chi connectivity index (χ1) is 14.4. The largest absolute Gasteiger partial charge is 0.496 e. The normalized spacial score (nSPS) is 19.9. The van der Waals surface area contributed by atoms with Gasteiger partial charge < -0.3 is 9.64 Å². The third-order valence-corrected chi connectivity index (χ3v) is 7.92. The third-order valence-electron chi connectivity index (χ3n) is 6.03. The Balaban J connectivity index is 1.72. The summed E-state index contributed by atoms with van der Waals surface area (Å²) in [6.45, 7) is 3.05. The van der Waals surface area contributed by atoms with Crippen LogP contribution in [0.5, 0.6) is 5.75 Å². The van der Waals surface area contributed by atoms with Gasteiger partial charge in [-0.2, -0.15) is 4.31 Å². The molecule has 0 spiro atoms. The zero-order valence-corrected chi connectivity index (χ0v) is 18.3. The van der Waals surface area contributed by atoms with Gasteiger partial charge in [-0.1, -0.05) is 31.0 Å². The lowest BCUT2D eigenvalue weighted by Gasteiger charge is -2.25. The lowest BCUT2D eigenvalue weighted by atomic mass is 10.1. The summed E-state index contributed by atoms with van der Waals surface area (Å²) in [6.07, 6.45) is 4.59. The van der Waals surface area contributed by atoms with Crippen LogP contribution in [-0.4, -0.2) is 44.9 Å². The number of carbonyl (C=O) groups is 1. The van der Waals surface area contributed by atoms with Crippen molar-refractivity contribution in [3.05, 3.63) is 53.6 Å². The molecule has 30 heavy (non-hydrogen) atoms. The molecule has 1 amide bonds. The number of methoxy groups -OCH3 is 1. The minimum absolute atomic E-state index is 0.00882. The predicted molar refractivity (Wildman–Crippen MR) is 117 cm³/mol. The van der Waals surface area contributed by atoms with Crippen molar-refractivity contribution in [2.75, 3.05) is 25.1 Å². The fraction of sp³-hybridized carbons (Fsp3) is 0.435. The molecule has 0 bridgehead atoms. The van der Waals surface area contributed by atoms with E-state index in [0.29, 0.717) is 18.8 Å². The number of para-hydroxylation sites is 1. The van der Waals surface area contributed by atoms with Gasteiger partial charge >= 0.3 is 0 Å². The number of fused-ring (bicyclic) bond motifs is 1. The number of anilines is 1. The van der Waals surface area contributed by atoms with Gasteiger partial charge in [0.2, 0.25) is 10.0 Å². The summed E-state index contributed by atoms with van der Waals surface area (Å²) < 4.78 is 33.5. The van der Waals surface area contributed by atoms with Crippen molar-refractivity contribution >= 4 is 21.6 Å². The van der Waals surface area contributed by atoms with E-state index < -0.39 is 10.0 Å². The standard InChI is InChI=1S/C23H28N2O4S/c1-17-15-18-9-5-6-10-21(18)25(17)23(26)20-16-19(11-12-22(20)29-2)30(27,28)24-13-7-3-4-8-14-24/h5-6,9-12,16-17H,3-4,7-8,13-15H2,1-2H3/t17-/m1/s1. The molecule has 2 heterocycles. The molecule has 160 valence electrons. The second kappa shape index (κ2) is 8.40. The quantitative estimate of drug-likeness (QED) is 0.742.